The third kappa shape index (κ3) is 3.35. The number of halogens is 3. The summed E-state index contributed by atoms with van der Waals surface area (Å²) in [5, 5.41) is 3.06. The van der Waals surface area contributed by atoms with E-state index in [2.05, 4.69) is 5.32 Å². The number of benzene rings is 2. The quantitative estimate of drug-likeness (QED) is 0.821. The molecular formula is C19H17F3N2O2. The number of hydrogen-bond donors (Lipinski definition) is 2. The van der Waals surface area contributed by atoms with Crippen LogP contribution in [-0.4, -0.2) is 24.8 Å². The van der Waals surface area contributed by atoms with Crippen LogP contribution in [0.2, 0.25) is 0 Å². The predicted molar refractivity (Wildman–Crippen MR) is 90.1 cm³/mol. The lowest BCUT2D eigenvalue weighted by atomic mass is 9.83. The number of alkyl halides is 3. The van der Waals surface area contributed by atoms with Crippen molar-refractivity contribution in [2.24, 2.45) is 5.73 Å². The van der Waals surface area contributed by atoms with Gasteiger partial charge in [-0.15, -0.1) is 0 Å². The highest BCUT2D eigenvalue weighted by Gasteiger charge is 2.39. The number of primary amides is 1. The fourth-order valence-electron chi connectivity index (χ4n) is 3.37. The first-order valence-corrected chi connectivity index (χ1v) is 8.15. The highest BCUT2D eigenvalue weighted by Crippen LogP contribution is 2.39. The molecular weight excluding hydrogens is 345 g/mol. The molecule has 0 bridgehead atoms. The third-order valence-electron chi connectivity index (χ3n) is 4.55. The van der Waals surface area contributed by atoms with Crippen LogP contribution in [0.15, 0.2) is 42.5 Å². The summed E-state index contributed by atoms with van der Waals surface area (Å²) in [6.07, 6.45) is -4.20. The molecule has 3 rings (SSSR count). The van der Waals surface area contributed by atoms with Gasteiger partial charge in [-0.1, -0.05) is 30.3 Å². The van der Waals surface area contributed by atoms with Crippen LogP contribution in [0, 0.1) is 0 Å². The maximum Gasteiger partial charge on any atom is 0.417 e. The highest BCUT2D eigenvalue weighted by atomic mass is 19.4. The maximum absolute atomic E-state index is 13.6. The Labute approximate surface area is 148 Å². The van der Waals surface area contributed by atoms with Crippen molar-refractivity contribution in [3.63, 3.8) is 0 Å². The number of carbonyl (C=O) groups excluding carboxylic acids is 2. The zero-order valence-electron chi connectivity index (χ0n) is 13.8. The van der Waals surface area contributed by atoms with Crippen molar-refractivity contribution >= 4 is 11.7 Å². The van der Waals surface area contributed by atoms with Gasteiger partial charge in [-0.3, -0.25) is 9.59 Å². The minimum atomic E-state index is -4.73. The minimum Gasteiger partial charge on any atom is -0.366 e. The summed E-state index contributed by atoms with van der Waals surface area (Å²) in [7, 11) is 0. The SMILES string of the molecule is NC(=O)c1ccc(C(F)(F)F)c(C(=O)c2ccccc2)c1C1CCNC1. The number of nitrogens with one attached hydrogen (secondary N) is 1. The van der Waals surface area contributed by atoms with Gasteiger partial charge in [0.05, 0.1) is 5.56 Å². The molecule has 1 aliphatic heterocycles. The maximum atomic E-state index is 13.6. The fourth-order valence-corrected chi connectivity index (χ4v) is 3.37. The van der Waals surface area contributed by atoms with Crippen molar-refractivity contribution in [3.05, 3.63) is 70.3 Å². The molecule has 26 heavy (non-hydrogen) atoms. The van der Waals surface area contributed by atoms with Crippen molar-refractivity contribution in [1.82, 2.24) is 5.32 Å². The van der Waals surface area contributed by atoms with E-state index < -0.39 is 29.0 Å². The Morgan fingerprint density at radius 1 is 1.08 bits per heavy atom. The first-order valence-electron chi connectivity index (χ1n) is 8.15. The van der Waals surface area contributed by atoms with Gasteiger partial charge < -0.3 is 11.1 Å². The summed E-state index contributed by atoms with van der Waals surface area (Å²) in [4.78, 5) is 24.9. The van der Waals surface area contributed by atoms with Crippen molar-refractivity contribution in [2.75, 3.05) is 13.1 Å². The van der Waals surface area contributed by atoms with Gasteiger partial charge in [0.2, 0.25) is 5.91 Å². The van der Waals surface area contributed by atoms with Crippen molar-refractivity contribution in [1.29, 1.82) is 0 Å². The van der Waals surface area contributed by atoms with E-state index in [0.717, 1.165) is 12.1 Å². The average Bonchev–Trinajstić information content (AvgIpc) is 3.14. The number of carbonyl (C=O) groups is 2. The Hall–Kier alpha value is -2.67. The summed E-state index contributed by atoms with van der Waals surface area (Å²) in [5.41, 5.74) is 4.06. The summed E-state index contributed by atoms with van der Waals surface area (Å²) in [5.74, 6) is -1.99. The van der Waals surface area contributed by atoms with Gasteiger partial charge in [0, 0.05) is 23.2 Å². The van der Waals surface area contributed by atoms with Crippen LogP contribution in [-0.2, 0) is 6.18 Å². The summed E-state index contributed by atoms with van der Waals surface area (Å²) < 4.78 is 40.9. The molecule has 0 aliphatic carbocycles. The van der Waals surface area contributed by atoms with Crippen LogP contribution in [0.25, 0.3) is 0 Å². The van der Waals surface area contributed by atoms with E-state index in [1.165, 1.54) is 12.1 Å². The second-order valence-corrected chi connectivity index (χ2v) is 6.20. The molecule has 2 aromatic rings. The number of ketones is 1. The number of rotatable bonds is 4. The van der Waals surface area contributed by atoms with E-state index in [0.29, 0.717) is 19.5 Å². The van der Waals surface area contributed by atoms with E-state index in [-0.39, 0.29) is 22.6 Å². The minimum absolute atomic E-state index is 0.0361. The van der Waals surface area contributed by atoms with Crippen molar-refractivity contribution in [2.45, 2.75) is 18.5 Å². The lowest BCUT2D eigenvalue weighted by Crippen LogP contribution is -2.24. The topological polar surface area (TPSA) is 72.2 Å². The van der Waals surface area contributed by atoms with Crippen molar-refractivity contribution in [3.8, 4) is 0 Å². The van der Waals surface area contributed by atoms with Crippen LogP contribution in [0.5, 0.6) is 0 Å². The van der Waals surface area contributed by atoms with Gasteiger partial charge in [0.15, 0.2) is 5.78 Å². The van der Waals surface area contributed by atoms with Gasteiger partial charge in [-0.2, -0.15) is 13.2 Å². The van der Waals surface area contributed by atoms with Crippen LogP contribution in [0.3, 0.4) is 0 Å². The molecule has 1 aliphatic rings. The van der Waals surface area contributed by atoms with E-state index >= 15 is 0 Å². The smallest absolute Gasteiger partial charge is 0.366 e. The Balaban J connectivity index is 2.31. The van der Waals surface area contributed by atoms with Crippen LogP contribution < -0.4 is 11.1 Å². The first kappa shape index (κ1) is 18.1. The molecule has 3 N–H and O–H groups in total. The Kier molecular flexibility index (Phi) is 4.82. The van der Waals surface area contributed by atoms with Crippen LogP contribution in [0.1, 0.15) is 49.7 Å². The molecule has 7 heteroatoms. The molecule has 1 fully saturated rings. The summed E-state index contributed by atoms with van der Waals surface area (Å²) in [6.45, 7) is 0.981. The first-order chi connectivity index (χ1) is 12.3. The van der Waals surface area contributed by atoms with E-state index in [1.54, 1.807) is 18.2 Å². The van der Waals surface area contributed by atoms with Gasteiger partial charge in [0.1, 0.15) is 0 Å². The van der Waals surface area contributed by atoms with Crippen LogP contribution >= 0.6 is 0 Å². The fraction of sp³-hybridized carbons (Fsp3) is 0.263. The van der Waals surface area contributed by atoms with Gasteiger partial charge in [0.25, 0.3) is 0 Å². The Morgan fingerprint density at radius 2 is 1.77 bits per heavy atom. The van der Waals surface area contributed by atoms with Gasteiger partial charge in [-0.25, -0.2) is 0 Å². The summed E-state index contributed by atoms with van der Waals surface area (Å²) in [6, 6.07) is 9.57. The largest absolute Gasteiger partial charge is 0.417 e. The second kappa shape index (κ2) is 6.92. The molecule has 1 unspecified atom stereocenters. The monoisotopic (exact) mass is 362 g/mol. The molecule has 0 radical (unpaired) electrons. The number of amides is 1. The van der Waals surface area contributed by atoms with Gasteiger partial charge in [-0.05, 0) is 36.6 Å². The van der Waals surface area contributed by atoms with Crippen molar-refractivity contribution < 1.29 is 22.8 Å². The predicted octanol–water partition coefficient (Wildman–Crippen LogP) is 3.11. The van der Waals surface area contributed by atoms with Crippen LogP contribution in [0.4, 0.5) is 13.2 Å². The summed E-state index contributed by atoms with van der Waals surface area (Å²) >= 11 is 0. The standard InChI is InChI=1S/C19H17F3N2O2/c20-19(21,22)14-7-6-13(18(23)26)15(12-8-9-24-10-12)16(14)17(25)11-4-2-1-3-5-11/h1-7,12,24H,8-10H2,(H2,23,26). The number of hydrogen-bond acceptors (Lipinski definition) is 3. The normalized spacial score (nSPS) is 17.3. The lowest BCUT2D eigenvalue weighted by Gasteiger charge is -2.22. The highest BCUT2D eigenvalue weighted by molar-refractivity contribution is 6.13. The molecule has 4 nitrogen and oxygen atoms in total. The molecule has 2 aromatic carbocycles. The number of nitrogens with two attached hydrogens (primary N) is 1. The lowest BCUT2D eigenvalue weighted by molar-refractivity contribution is -0.138. The zero-order chi connectivity index (χ0) is 18.9. The van der Waals surface area contributed by atoms with E-state index in [9.17, 15) is 22.8 Å². The molecule has 1 atom stereocenters. The van der Waals surface area contributed by atoms with Gasteiger partial charge >= 0.3 is 6.18 Å². The Morgan fingerprint density at radius 3 is 2.31 bits per heavy atom. The molecule has 136 valence electrons. The molecule has 0 aromatic heterocycles. The molecule has 1 amide bonds. The van der Waals surface area contributed by atoms with E-state index in [1.807, 2.05) is 0 Å². The molecule has 0 spiro atoms. The third-order valence-corrected chi connectivity index (χ3v) is 4.55. The molecule has 1 heterocycles. The second-order valence-electron chi connectivity index (χ2n) is 6.20. The molecule has 1 saturated heterocycles. The molecule has 0 saturated carbocycles. The zero-order valence-corrected chi connectivity index (χ0v) is 13.8. The van der Waals surface area contributed by atoms with E-state index in [4.69, 9.17) is 5.73 Å². The Bertz CT molecular complexity index is 842. The average molecular weight is 362 g/mol.